The molecule has 0 aliphatic carbocycles. The normalized spacial score (nSPS) is 21.0. The van der Waals surface area contributed by atoms with Crippen LogP contribution in [-0.4, -0.2) is 134 Å². The maximum absolute atomic E-state index is 14.0. The molecule has 336 valence electrons. The highest BCUT2D eigenvalue weighted by molar-refractivity contribution is 6.23. The van der Waals surface area contributed by atoms with E-state index in [1.165, 1.54) is 6.33 Å². The second kappa shape index (κ2) is 17.9. The number of nitrogens with two attached hydrogens (primary N) is 1. The Bertz CT molecular complexity index is 2620. The van der Waals surface area contributed by atoms with Gasteiger partial charge in [0.15, 0.2) is 5.65 Å². The molecule has 3 N–H and O–H groups in total. The Morgan fingerprint density at radius 3 is 2.31 bits per heavy atom. The number of piperidine rings is 3. The average molecular weight is 880 g/mol. The highest BCUT2D eigenvalue weighted by Gasteiger charge is 2.45. The van der Waals surface area contributed by atoms with Crippen molar-refractivity contribution in [1.29, 1.82) is 0 Å². The predicted molar refractivity (Wildman–Crippen MR) is 242 cm³/mol. The summed E-state index contributed by atoms with van der Waals surface area (Å²) in [5, 5.41) is 8.03. The van der Waals surface area contributed by atoms with Crippen molar-refractivity contribution in [3.8, 4) is 22.8 Å². The average Bonchev–Trinajstić information content (AvgIpc) is 3.85. The number of rotatable bonds is 10. The summed E-state index contributed by atoms with van der Waals surface area (Å²) >= 11 is 0. The third-order valence-corrected chi connectivity index (χ3v) is 13.8. The van der Waals surface area contributed by atoms with Gasteiger partial charge >= 0.3 is 6.03 Å². The number of nitrogens with zero attached hydrogens (tertiary/aromatic N) is 9. The molecule has 4 saturated heterocycles. The Kier molecular flexibility index (Phi) is 11.6. The molecule has 17 heteroatoms. The molecule has 65 heavy (non-hydrogen) atoms. The number of hydrogen-bond donors (Lipinski definition) is 2. The molecular weight excluding hydrogens is 827 g/mol. The van der Waals surface area contributed by atoms with E-state index in [1.54, 1.807) is 12.1 Å². The molecule has 7 heterocycles. The van der Waals surface area contributed by atoms with Crippen molar-refractivity contribution < 1.29 is 28.7 Å². The summed E-state index contributed by atoms with van der Waals surface area (Å²) in [6.07, 6.45) is 7.74. The number of aromatic nitrogens is 4. The lowest BCUT2D eigenvalue weighted by atomic mass is 9.91. The molecule has 3 aromatic carbocycles. The Balaban J connectivity index is 0.686. The van der Waals surface area contributed by atoms with Gasteiger partial charge in [-0.2, -0.15) is 5.10 Å². The topological polar surface area (TPSA) is 192 Å². The smallest absolute Gasteiger partial charge is 0.320 e. The van der Waals surface area contributed by atoms with E-state index in [4.69, 9.17) is 15.6 Å². The van der Waals surface area contributed by atoms with Gasteiger partial charge in [-0.05, 0) is 112 Å². The van der Waals surface area contributed by atoms with Crippen LogP contribution in [0, 0.1) is 5.92 Å². The summed E-state index contributed by atoms with van der Waals surface area (Å²) in [6, 6.07) is 21.8. The third-order valence-electron chi connectivity index (χ3n) is 13.8. The maximum atomic E-state index is 14.0. The van der Waals surface area contributed by atoms with Gasteiger partial charge in [0, 0.05) is 70.0 Å². The summed E-state index contributed by atoms with van der Waals surface area (Å²) in [4.78, 5) is 83.3. The number of fused-ring (bicyclic) bond motifs is 2. The van der Waals surface area contributed by atoms with Gasteiger partial charge in [0.1, 0.15) is 35.4 Å². The van der Waals surface area contributed by atoms with Crippen LogP contribution in [0.15, 0.2) is 79.1 Å². The number of amides is 6. The monoisotopic (exact) mass is 879 g/mol. The van der Waals surface area contributed by atoms with E-state index < -0.39 is 29.7 Å². The number of para-hydroxylation sites is 1. The molecule has 2 unspecified atom stereocenters. The van der Waals surface area contributed by atoms with E-state index in [0.29, 0.717) is 71.5 Å². The third kappa shape index (κ3) is 8.47. The van der Waals surface area contributed by atoms with Gasteiger partial charge in [0.25, 0.3) is 11.8 Å². The summed E-state index contributed by atoms with van der Waals surface area (Å²) < 4.78 is 7.95. The first-order chi connectivity index (χ1) is 31.7. The number of anilines is 2. The molecule has 4 fully saturated rings. The summed E-state index contributed by atoms with van der Waals surface area (Å²) in [6.45, 7) is 7.05. The van der Waals surface area contributed by atoms with Crippen LogP contribution in [0.2, 0.25) is 0 Å². The standard InChI is InChI=1S/C48H53N11O6/c49-43-41-42(32-10-13-36(14-11-32)65-35-8-2-1-3-9-35)53-59(44(41)51-30-50-43)34-7-5-21-57(29-34)48(64)56-26-24-54(25-27-56)20-4-6-31-18-22-55(23-19-31)33-12-15-37-38(28-33)47(63)58(46(37)62)39-16-17-40(60)52-45(39)61/h1-3,8-15,28,30-31,34,39H,4-7,16-27,29H2,(H2,49,50,51)(H,52,60,61). The molecule has 0 saturated carbocycles. The number of ether oxygens (including phenoxy) is 1. The second-order valence-electron chi connectivity index (χ2n) is 17.8. The van der Waals surface area contributed by atoms with Gasteiger partial charge in [-0.15, -0.1) is 0 Å². The van der Waals surface area contributed by atoms with Crippen LogP contribution in [0.5, 0.6) is 11.5 Å². The van der Waals surface area contributed by atoms with Crippen molar-refractivity contribution >= 4 is 52.2 Å². The summed E-state index contributed by atoms with van der Waals surface area (Å²) in [7, 11) is 0. The quantitative estimate of drug-likeness (QED) is 0.172. The van der Waals surface area contributed by atoms with E-state index >= 15 is 0 Å². The minimum Gasteiger partial charge on any atom is -0.457 e. The van der Waals surface area contributed by atoms with Crippen molar-refractivity contribution in [1.82, 2.24) is 44.7 Å². The summed E-state index contributed by atoms with van der Waals surface area (Å²) in [5.74, 6) is 0.476. The first-order valence-electron chi connectivity index (χ1n) is 22.9. The largest absolute Gasteiger partial charge is 0.457 e. The number of nitrogen functional groups attached to an aromatic ring is 1. The minimum atomic E-state index is -0.972. The van der Waals surface area contributed by atoms with Crippen molar-refractivity contribution in [2.75, 3.05) is 69.5 Å². The van der Waals surface area contributed by atoms with E-state index in [9.17, 15) is 24.0 Å². The SMILES string of the molecule is Nc1ncnc2c1c(-c1ccc(Oc3ccccc3)cc1)nn2C1CCCN(C(=O)N2CCN(CCCC3CCN(c4ccc5c(c4)C(=O)N(C4CCC(=O)NC4=O)C5=O)CC3)CC2)C1. The van der Waals surface area contributed by atoms with Crippen LogP contribution < -0.4 is 20.7 Å². The van der Waals surface area contributed by atoms with Crippen LogP contribution in [0.25, 0.3) is 22.3 Å². The van der Waals surface area contributed by atoms with Crippen LogP contribution in [0.1, 0.15) is 78.1 Å². The highest BCUT2D eigenvalue weighted by Crippen LogP contribution is 2.36. The minimum absolute atomic E-state index is 0.0619. The number of piperazine rings is 1. The number of urea groups is 1. The highest BCUT2D eigenvalue weighted by atomic mass is 16.5. The Labute approximate surface area is 376 Å². The predicted octanol–water partition coefficient (Wildman–Crippen LogP) is 5.34. The molecule has 2 atom stereocenters. The molecule has 2 aromatic heterocycles. The van der Waals surface area contributed by atoms with Crippen LogP contribution >= 0.6 is 0 Å². The molecular formula is C48H53N11O6. The molecule has 0 radical (unpaired) electrons. The number of benzene rings is 3. The van der Waals surface area contributed by atoms with Gasteiger partial charge in [0.2, 0.25) is 11.8 Å². The zero-order chi connectivity index (χ0) is 44.6. The van der Waals surface area contributed by atoms with Gasteiger partial charge in [-0.25, -0.2) is 19.4 Å². The molecule has 0 bridgehead atoms. The zero-order valence-electron chi connectivity index (χ0n) is 36.3. The van der Waals surface area contributed by atoms with E-state index in [-0.39, 0.29) is 24.9 Å². The van der Waals surface area contributed by atoms with Crippen molar-refractivity contribution in [3.05, 3.63) is 90.3 Å². The number of likely N-dealkylation sites (tertiary alicyclic amines) is 1. The number of carbonyl (C=O) groups excluding carboxylic acids is 5. The van der Waals surface area contributed by atoms with E-state index in [1.807, 2.05) is 75.1 Å². The number of nitrogens with one attached hydrogen (secondary N) is 1. The zero-order valence-corrected chi connectivity index (χ0v) is 36.3. The molecule has 10 rings (SSSR count). The van der Waals surface area contributed by atoms with Crippen LogP contribution in [0.4, 0.5) is 16.3 Å². The summed E-state index contributed by atoms with van der Waals surface area (Å²) in [5.41, 5.74) is 10.2. The van der Waals surface area contributed by atoms with E-state index in [0.717, 1.165) is 93.1 Å². The first kappa shape index (κ1) is 42.1. The van der Waals surface area contributed by atoms with Crippen molar-refractivity contribution in [3.63, 3.8) is 0 Å². The van der Waals surface area contributed by atoms with Crippen LogP contribution in [-0.2, 0) is 9.59 Å². The first-order valence-corrected chi connectivity index (χ1v) is 22.9. The van der Waals surface area contributed by atoms with Crippen molar-refractivity contribution in [2.24, 2.45) is 5.92 Å². The molecule has 17 nitrogen and oxygen atoms in total. The van der Waals surface area contributed by atoms with Gasteiger partial charge in [-0.3, -0.25) is 34.3 Å². The number of hydrogen-bond acceptors (Lipinski definition) is 12. The second-order valence-corrected chi connectivity index (χ2v) is 17.8. The molecule has 0 spiro atoms. The molecule has 6 amide bonds. The number of carbonyl (C=O) groups is 5. The Hall–Kier alpha value is -6.88. The fourth-order valence-electron chi connectivity index (χ4n) is 10.2. The van der Waals surface area contributed by atoms with Gasteiger partial charge in [0.05, 0.1) is 22.6 Å². The van der Waals surface area contributed by atoms with E-state index in [2.05, 4.69) is 25.1 Å². The maximum Gasteiger partial charge on any atom is 0.320 e. The number of imide groups is 2. The lowest BCUT2D eigenvalue weighted by Gasteiger charge is -2.40. The van der Waals surface area contributed by atoms with Crippen LogP contribution in [0.3, 0.4) is 0 Å². The lowest BCUT2D eigenvalue weighted by Crippen LogP contribution is -2.54. The molecule has 5 aliphatic heterocycles. The van der Waals surface area contributed by atoms with Gasteiger partial charge in [-0.1, -0.05) is 18.2 Å². The fourth-order valence-corrected chi connectivity index (χ4v) is 10.2. The Morgan fingerprint density at radius 2 is 1.54 bits per heavy atom. The van der Waals surface area contributed by atoms with Gasteiger partial charge < -0.3 is 25.2 Å². The Morgan fingerprint density at radius 1 is 0.785 bits per heavy atom. The lowest BCUT2D eigenvalue weighted by molar-refractivity contribution is -0.136. The fraction of sp³-hybridized carbons (Fsp3) is 0.417. The molecule has 5 aromatic rings. The van der Waals surface area contributed by atoms with Crippen molar-refractivity contribution in [2.45, 2.75) is 63.5 Å². The molecule has 5 aliphatic rings.